The third-order valence-corrected chi connectivity index (χ3v) is 24.5. The number of ether oxygens (including phenoxy) is 6. The number of amides is 3. The van der Waals surface area contributed by atoms with E-state index in [2.05, 4.69) is 163 Å². The molecule has 6 bridgehead atoms. The molecule has 16 heteroatoms. The van der Waals surface area contributed by atoms with Crippen LogP contribution in [-0.4, -0.2) is 155 Å². The first kappa shape index (κ1) is 86.5. The van der Waals surface area contributed by atoms with Gasteiger partial charge >= 0.3 is 0 Å². The predicted octanol–water partition coefficient (Wildman–Crippen LogP) is 15.9. The van der Waals surface area contributed by atoms with E-state index in [0.29, 0.717) is 106 Å². The molecule has 3 saturated carbocycles. The van der Waals surface area contributed by atoms with Gasteiger partial charge in [-0.05, 0) is 259 Å². The Labute approximate surface area is 659 Å². The lowest BCUT2D eigenvalue weighted by atomic mass is 9.90. The topological polar surface area (TPSA) is 224 Å². The smallest absolute Gasteiger partial charge is 0.243 e. The second-order valence-corrected chi connectivity index (χ2v) is 35.3. The van der Waals surface area contributed by atoms with Crippen LogP contribution >= 0.6 is 0 Å². The summed E-state index contributed by atoms with van der Waals surface area (Å²) in [6.45, 7) is 30.0. The number of carbonyl (C=O) groups excluding carboxylic acids is 3. The summed E-state index contributed by atoms with van der Waals surface area (Å²) in [6.07, 6.45) is 62.0. The van der Waals surface area contributed by atoms with Crippen LogP contribution < -0.4 is 16.0 Å². The minimum Gasteiger partial charge on any atom is -0.392 e. The van der Waals surface area contributed by atoms with E-state index in [1.807, 2.05) is 24.3 Å². The Kier molecular flexibility index (Phi) is 34.3. The number of fused-ring (bicyclic) bond motifs is 9. The monoisotopic (exact) mass is 1520 g/mol. The van der Waals surface area contributed by atoms with Crippen LogP contribution in [0.1, 0.15) is 209 Å². The molecule has 12 aliphatic rings. The molecule has 0 aromatic rings. The molecule has 0 aromatic heterocycles. The molecule has 3 aliphatic carbocycles. The highest BCUT2D eigenvalue weighted by atomic mass is 16.5. The van der Waals surface area contributed by atoms with Gasteiger partial charge in [-0.1, -0.05) is 190 Å². The van der Waals surface area contributed by atoms with E-state index in [4.69, 9.17) is 28.4 Å². The number of aliphatic hydroxyl groups excluding tert-OH is 4. The summed E-state index contributed by atoms with van der Waals surface area (Å²) in [6, 6.07) is -0.389. The third kappa shape index (κ3) is 30.1. The quantitative estimate of drug-likeness (QED) is 0.107. The van der Waals surface area contributed by atoms with Crippen molar-refractivity contribution in [3.8, 4) is 0 Å². The van der Waals surface area contributed by atoms with E-state index in [0.717, 1.165) is 132 Å². The molecule has 0 radical (unpaired) electrons. The van der Waals surface area contributed by atoms with E-state index in [-0.39, 0.29) is 115 Å². The summed E-state index contributed by atoms with van der Waals surface area (Å²) in [7, 11) is 0. The van der Waals surface area contributed by atoms with Crippen molar-refractivity contribution in [1.29, 1.82) is 0 Å². The van der Waals surface area contributed by atoms with Crippen molar-refractivity contribution in [2.45, 2.75) is 306 Å². The Morgan fingerprint density at radius 1 is 0.445 bits per heavy atom. The molecule has 12 rings (SSSR count). The van der Waals surface area contributed by atoms with Crippen LogP contribution in [0.3, 0.4) is 0 Å². The van der Waals surface area contributed by atoms with Gasteiger partial charge in [0.2, 0.25) is 17.7 Å². The van der Waals surface area contributed by atoms with Crippen LogP contribution in [0.5, 0.6) is 0 Å². The summed E-state index contributed by atoms with van der Waals surface area (Å²) in [5.74, 6) is 3.12. The fraction of sp³-hybridized carbons (Fsp3) is 0.649. The van der Waals surface area contributed by atoms with Crippen molar-refractivity contribution >= 4 is 17.7 Å². The second-order valence-electron chi connectivity index (χ2n) is 35.3. The molecular formula is C94H137N3O13. The van der Waals surface area contributed by atoms with Crippen LogP contribution in [-0.2, 0) is 42.8 Å². The van der Waals surface area contributed by atoms with Gasteiger partial charge in [-0.3, -0.25) is 14.4 Å². The van der Waals surface area contributed by atoms with Crippen molar-refractivity contribution in [2.24, 2.45) is 59.2 Å². The lowest BCUT2D eigenvalue weighted by Gasteiger charge is -2.28. The Morgan fingerprint density at radius 2 is 0.809 bits per heavy atom. The van der Waals surface area contributed by atoms with Crippen molar-refractivity contribution in [1.82, 2.24) is 16.0 Å². The van der Waals surface area contributed by atoms with Gasteiger partial charge < -0.3 is 64.8 Å². The van der Waals surface area contributed by atoms with Gasteiger partial charge in [-0.25, -0.2) is 0 Å². The van der Waals surface area contributed by atoms with Crippen LogP contribution in [0.4, 0.5) is 0 Å². The normalized spacial score (nSPS) is 39.6. The Morgan fingerprint density at radius 3 is 1.22 bits per heavy atom. The number of hydrogen-bond donors (Lipinski definition) is 7. The van der Waals surface area contributed by atoms with Gasteiger partial charge in [0.1, 0.15) is 0 Å². The van der Waals surface area contributed by atoms with Crippen molar-refractivity contribution in [2.75, 3.05) is 19.8 Å². The lowest BCUT2D eigenvalue weighted by Crippen LogP contribution is -2.42. The highest BCUT2D eigenvalue weighted by Gasteiger charge is 2.47. The summed E-state index contributed by atoms with van der Waals surface area (Å²) in [4.78, 5) is 38.5. The van der Waals surface area contributed by atoms with Crippen molar-refractivity contribution < 1.29 is 63.2 Å². The van der Waals surface area contributed by atoms with Gasteiger partial charge in [0.25, 0.3) is 0 Å². The molecule has 9 heterocycles. The van der Waals surface area contributed by atoms with Crippen LogP contribution in [0, 0.1) is 59.2 Å². The van der Waals surface area contributed by atoms with Crippen LogP contribution in [0.15, 0.2) is 181 Å². The fourth-order valence-electron chi connectivity index (χ4n) is 18.2. The van der Waals surface area contributed by atoms with E-state index in [1.54, 1.807) is 24.3 Å². The first-order valence-electron chi connectivity index (χ1n) is 42.3. The highest BCUT2D eigenvalue weighted by molar-refractivity contribution is 5.88. The Hall–Kier alpha value is -5.89. The SMILES string of the molecule is C=C1C[C@H](C)C[C@@H]2CC=C[C@@H](C/C=C\C(=O)N[C@H](C/C=C/[C@@H]3CC(C)=CCO3)C[C@@H]3C[C@H]3[C@@H](O)C1)O2.C=C1C[C@H](C)C[C@@H]2CC=C[C@@H](C/C=C\C(=O)N[C@H]([C@@H](C)/C=C/[C@@H]3CC(C)=CCO3)C[C@@H]3C[C@H]3[C@@H](O)C1)O2.C=C1C[C@H](C)C[C@@H]2CC=C[C@@H](C/C=C\C(=O)N[C@H]([C@@H](O)/C=C/[C@@H]3CC(C)=CCO3)C[C@@H]3C[C@H]3[C@@H](O)C1)O2. The van der Waals surface area contributed by atoms with Gasteiger partial charge in [0, 0.05) is 12.1 Å². The Bertz CT molecular complexity index is 3270. The van der Waals surface area contributed by atoms with E-state index < -0.39 is 18.2 Å². The zero-order valence-corrected chi connectivity index (χ0v) is 67.5. The van der Waals surface area contributed by atoms with E-state index in [9.17, 15) is 34.8 Å². The average molecular weight is 1520 g/mol. The minimum absolute atomic E-state index is 0.00754. The molecule has 16 nitrogen and oxygen atoms in total. The van der Waals surface area contributed by atoms with Gasteiger partial charge in [-0.15, -0.1) is 0 Å². The summed E-state index contributed by atoms with van der Waals surface area (Å²) >= 11 is 0. The summed E-state index contributed by atoms with van der Waals surface area (Å²) in [5, 5.41) is 53.3. The van der Waals surface area contributed by atoms with Gasteiger partial charge in [0.15, 0.2) is 0 Å². The molecule has 7 N–H and O–H groups in total. The summed E-state index contributed by atoms with van der Waals surface area (Å²) in [5.41, 5.74) is 7.35. The third-order valence-electron chi connectivity index (χ3n) is 24.5. The number of carbonyl (C=O) groups is 3. The molecular weight excluding hydrogens is 1380 g/mol. The predicted molar refractivity (Wildman–Crippen MR) is 439 cm³/mol. The molecule has 26 atom stereocenters. The Balaban J connectivity index is 0.000000176. The van der Waals surface area contributed by atoms with Crippen LogP contribution in [0.2, 0.25) is 0 Å². The van der Waals surface area contributed by atoms with Crippen molar-refractivity contribution in [3.05, 3.63) is 181 Å². The lowest BCUT2D eigenvalue weighted by molar-refractivity contribution is -0.118. The maximum absolute atomic E-state index is 12.9. The molecule has 0 aromatic carbocycles. The highest BCUT2D eigenvalue weighted by Crippen LogP contribution is 2.49. The first-order valence-corrected chi connectivity index (χ1v) is 42.3. The number of rotatable bonds is 9. The largest absolute Gasteiger partial charge is 0.392 e. The van der Waals surface area contributed by atoms with E-state index in [1.165, 1.54) is 16.7 Å². The van der Waals surface area contributed by atoms with Gasteiger partial charge in [0.05, 0.1) is 105 Å². The summed E-state index contributed by atoms with van der Waals surface area (Å²) < 4.78 is 36.3. The van der Waals surface area contributed by atoms with E-state index >= 15 is 0 Å². The molecule has 110 heavy (non-hydrogen) atoms. The van der Waals surface area contributed by atoms with Crippen LogP contribution in [0.25, 0.3) is 0 Å². The second kappa shape index (κ2) is 43.6. The zero-order chi connectivity index (χ0) is 78.2. The maximum atomic E-state index is 12.9. The number of hydrogen-bond acceptors (Lipinski definition) is 13. The zero-order valence-electron chi connectivity index (χ0n) is 67.5. The fourth-order valence-corrected chi connectivity index (χ4v) is 18.2. The number of nitrogens with one attached hydrogen (secondary N) is 3. The maximum Gasteiger partial charge on any atom is 0.243 e. The molecule has 0 spiro atoms. The molecule has 9 aliphatic heterocycles. The molecule has 0 saturated heterocycles. The first-order chi connectivity index (χ1) is 52.9. The molecule has 0 unspecified atom stereocenters. The minimum atomic E-state index is -0.836. The number of aliphatic hydroxyl groups is 4. The van der Waals surface area contributed by atoms with Gasteiger partial charge in [-0.2, -0.15) is 0 Å². The molecule has 606 valence electrons. The standard InChI is InChI=1S/C32H47NO4.C31H45NO5.C31H45NO4/c1-21-13-14-36-27(16-21)12-11-24(4)30-20-25-19-29(25)31(34)18-23(3)15-22(2)17-28-9-5-7-26(37-28)8-6-10-32(35)33-30;1-20-12-13-36-25(15-20)10-11-29(33)28-19-23-18-27(23)30(34)17-22(3)14-21(2)16-26-8-4-6-24(37-26)7-5-9-31(35)32-28;1-21-13-14-35-27(16-21)10-4-7-25-19-24-20-29(24)30(33)18-23(3)15-22(2)17-28-11-5-8-26(36-28)9-6-12-31(34)32-25/h5-7,10-13,22,24-31,34H,3,8-9,14-20H2,1-2,4H3,(H,33,35);4-6,9-12,21,23-30,33-34H,3,7-8,13-19H2,1-2H3,(H,32,35);4-6,8,10,12-13,22,24-30,33H,3,7,9,11,14-20H2,1-2H3,(H,32,34)/b10-6-,12-11+;9-5-,11-10+;10-4+,12-6-/t22-,24-,25-,26-,27+,28-,29+,30-,31-;21-,23-,24-,25+,26-,27+,28-,29-,30-;22-,24+,25+,26-,27+,28-,29+,30-/m000/s1. The average Bonchev–Trinajstić information content (AvgIpc) is 1.66. The van der Waals surface area contributed by atoms with Crippen molar-refractivity contribution in [3.63, 3.8) is 0 Å². The molecule has 3 amide bonds. The molecule has 3 fully saturated rings.